The molecule has 0 radical (unpaired) electrons. The zero-order valence-corrected chi connectivity index (χ0v) is 12.2. The summed E-state index contributed by atoms with van der Waals surface area (Å²) in [6.07, 6.45) is 2.80. The smallest absolute Gasteiger partial charge is 0.223 e. The lowest BCUT2D eigenvalue weighted by Gasteiger charge is -2.19. The number of hydrogen-bond donors (Lipinski definition) is 0. The van der Waals surface area contributed by atoms with Crippen molar-refractivity contribution >= 4 is 11.8 Å². The highest BCUT2D eigenvalue weighted by Crippen LogP contribution is 2.27. The minimum Gasteiger partial charge on any atom is -0.472 e. The molecular formula is C15H16N2O2S. The molecule has 5 heteroatoms. The van der Waals surface area contributed by atoms with Gasteiger partial charge in [0, 0.05) is 6.42 Å². The van der Waals surface area contributed by atoms with Crippen LogP contribution in [0.15, 0.2) is 35.5 Å². The number of hydrogen-bond acceptors (Lipinski definition) is 5. The molecule has 2 heterocycles. The lowest BCUT2D eigenvalue weighted by molar-refractivity contribution is 0.104. The highest BCUT2D eigenvalue weighted by Gasteiger charge is 2.19. The van der Waals surface area contributed by atoms with Crippen molar-refractivity contribution < 1.29 is 9.47 Å². The van der Waals surface area contributed by atoms with Gasteiger partial charge >= 0.3 is 0 Å². The third kappa shape index (κ3) is 2.94. The zero-order valence-electron chi connectivity index (χ0n) is 11.3. The molecule has 104 valence electrons. The summed E-state index contributed by atoms with van der Waals surface area (Å²) >= 11 is 1.53. The maximum Gasteiger partial charge on any atom is 0.223 e. The number of benzene rings is 1. The van der Waals surface area contributed by atoms with Crippen LogP contribution in [0.1, 0.15) is 16.8 Å². The van der Waals surface area contributed by atoms with Gasteiger partial charge in [-0.3, -0.25) is 0 Å². The predicted octanol–water partition coefficient (Wildman–Crippen LogP) is 2.85. The Labute approximate surface area is 122 Å². The Morgan fingerprint density at radius 1 is 1.25 bits per heavy atom. The van der Waals surface area contributed by atoms with E-state index in [0.717, 1.165) is 35.0 Å². The first kappa shape index (κ1) is 13.4. The quantitative estimate of drug-likeness (QED) is 0.639. The van der Waals surface area contributed by atoms with Gasteiger partial charge in [-0.25, -0.2) is 4.98 Å². The predicted molar refractivity (Wildman–Crippen MR) is 77.9 cm³/mol. The van der Waals surface area contributed by atoms with Gasteiger partial charge in [0.2, 0.25) is 5.88 Å². The Balaban J connectivity index is 1.84. The van der Waals surface area contributed by atoms with E-state index in [2.05, 4.69) is 9.97 Å². The summed E-state index contributed by atoms with van der Waals surface area (Å²) < 4.78 is 11.4. The van der Waals surface area contributed by atoms with Crippen LogP contribution in [-0.4, -0.2) is 22.8 Å². The molecule has 4 nitrogen and oxygen atoms in total. The summed E-state index contributed by atoms with van der Waals surface area (Å²) in [5.41, 5.74) is 3.17. The van der Waals surface area contributed by atoms with Crippen molar-refractivity contribution in [1.82, 2.24) is 9.97 Å². The van der Waals surface area contributed by atoms with E-state index < -0.39 is 0 Å². The normalized spacial score (nSPS) is 13.8. The summed E-state index contributed by atoms with van der Waals surface area (Å²) in [5.74, 6) is 0.655. The molecule has 0 saturated heterocycles. The molecule has 1 aromatic carbocycles. The van der Waals surface area contributed by atoms with Crippen LogP contribution >= 0.6 is 11.8 Å². The molecular weight excluding hydrogens is 272 g/mol. The molecule has 2 aromatic rings. The van der Waals surface area contributed by atoms with Crippen molar-refractivity contribution in [2.24, 2.45) is 0 Å². The maximum absolute atomic E-state index is 5.89. The van der Waals surface area contributed by atoms with Gasteiger partial charge in [-0.15, -0.1) is 0 Å². The first-order valence-electron chi connectivity index (χ1n) is 6.55. The second kappa shape index (κ2) is 6.24. The third-order valence-electron chi connectivity index (χ3n) is 3.16. The molecule has 0 aliphatic carbocycles. The Morgan fingerprint density at radius 2 is 2.10 bits per heavy atom. The molecule has 0 N–H and O–H groups in total. The number of fused-ring (bicyclic) bond motifs is 1. The Kier molecular flexibility index (Phi) is 4.18. The van der Waals surface area contributed by atoms with E-state index >= 15 is 0 Å². The standard InChI is InChI=1S/C15H16N2O2S/c1-20-15-16-13-7-8-18-10-12(13)14(17-15)19-9-11-5-3-2-4-6-11/h2-6H,7-10H2,1H3. The SMILES string of the molecule is CSc1nc2c(c(OCc3ccccc3)n1)COCC2. The van der Waals surface area contributed by atoms with Crippen LogP contribution in [0.3, 0.4) is 0 Å². The van der Waals surface area contributed by atoms with Crippen molar-refractivity contribution in [3.8, 4) is 5.88 Å². The molecule has 1 aromatic heterocycles. The average molecular weight is 288 g/mol. The summed E-state index contributed by atoms with van der Waals surface area (Å²) in [6, 6.07) is 10.1. The summed E-state index contributed by atoms with van der Waals surface area (Å²) in [5, 5.41) is 0.758. The van der Waals surface area contributed by atoms with Crippen LogP contribution in [0, 0.1) is 0 Å². The second-order valence-electron chi connectivity index (χ2n) is 4.52. The average Bonchev–Trinajstić information content (AvgIpc) is 2.53. The van der Waals surface area contributed by atoms with Gasteiger partial charge in [-0.2, -0.15) is 4.98 Å². The fourth-order valence-electron chi connectivity index (χ4n) is 2.12. The van der Waals surface area contributed by atoms with Crippen LogP contribution in [0.2, 0.25) is 0 Å². The Hall–Kier alpha value is -1.59. The fourth-order valence-corrected chi connectivity index (χ4v) is 2.49. The van der Waals surface area contributed by atoms with Crippen LogP contribution in [0.5, 0.6) is 5.88 Å². The fraction of sp³-hybridized carbons (Fsp3) is 0.333. The molecule has 0 atom stereocenters. The van der Waals surface area contributed by atoms with Crippen molar-refractivity contribution in [3.63, 3.8) is 0 Å². The van der Waals surface area contributed by atoms with Gasteiger partial charge in [0.05, 0.1) is 24.5 Å². The van der Waals surface area contributed by atoms with E-state index in [9.17, 15) is 0 Å². The number of rotatable bonds is 4. The minimum absolute atomic E-state index is 0.512. The monoisotopic (exact) mass is 288 g/mol. The molecule has 0 unspecified atom stereocenters. The molecule has 0 bridgehead atoms. The second-order valence-corrected chi connectivity index (χ2v) is 5.29. The number of thioether (sulfide) groups is 1. The zero-order chi connectivity index (χ0) is 13.8. The summed E-state index contributed by atoms with van der Waals surface area (Å²) in [7, 11) is 0. The summed E-state index contributed by atoms with van der Waals surface area (Å²) in [6.45, 7) is 1.77. The lowest BCUT2D eigenvalue weighted by Crippen LogP contribution is -2.15. The van der Waals surface area contributed by atoms with Crippen LogP contribution in [0.4, 0.5) is 0 Å². The molecule has 3 rings (SSSR count). The minimum atomic E-state index is 0.512. The number of nitrogens with zero attached hydrogens (tertiary/aromatic N) is 2. The van der Waals surface area contributed by atoms with E-state index in [1.807, 2.05) is 36.6 Å². The molecule has 0 amide bonds. The molecule has 1 aliphatic rings. The first-order chi connectivity index (χ1) is 9.86. The van der Waals surface area contributed by atoms with Crippen molar-refractivity contribution in [1.29, 1.82) is 0 Å². The van der Waals surface area contributed by atoms with Crippen molar-refractivity contribution in [2.75, 3.05) is 12.9 Å². The molecule has 20 heavy (non-hydrogen) atoms. The number of aromatic nitrogens is 2. The van der Waals surface area contributed by atoms with E-state index in [1.54, 1.807) is 0 Å². The third-order valence-corrected chi connectivity index (χ3v) is 3.71. The van der Waals surface area contributed by atoms with Gasteiger partial charge in [0.15, 0.2) is 5.16 Å². The van der Waals surface area contributed by atoms with E-state index in [-0.39, 0.29) is 0 Å². The topological polar surface area (TPSA) is 44.2 Å². The van der Waals surface area contributed by atoms with Crippen LogP contribution < -0.4 is 4.74 Å². The van der Waals surface area contributed by atoms with Crippen LogP contribution in [0.25, 0.3) is 0 Å². The first-order valence-corrected chi connectivity index (χ1v) is 7.77. The highest BCUT2D eigenvalue weighted by atomic mass is 32.2. The van der Waals surface area contributed by atoms with Gasteiger partial charge in [0.25, 0.3) is 0 Å². The largest absolute Gasteiger partial charge is 0.472 e. The van der Waals surface area contributed by atoms with E-state index in [0.29, 0.717) is 19.1 Å². The lowest BCUT2D eigenvalue weighted by atomic mass is 10.1. The Bertz CT molecular complexity index is 590. The van der Waals surface area contributed by atoms with Crippen molar-refractivity contribution in [2.45, 2.75) is 24.8 Å². The maximum atomic E-state index is 5.89. The van der Waals surface area contributed by atoms with Gasteiger partial charge in [-0.05, 0) is 11.8 Å². The van der Waals surface area contributed by atoms with E-state index in [4.69, 9.17) is 9.47 Å². The van der Waals surface area contributed by atoms with Gasteiger partial charge in [-0.1, -0.05) is 42.1 Å². The molecule has 1 aliphatic heterocycles. The van der Waals surface area contributed by atoms with E-state index in [1.165, 1.54) is 11.8 Å². The number of ether oxygens (including phenoxy) is 2. The molecule has 0 saturated carbocycles. The van der Waals surface area contributed by atoms with Crippen molar-refractivity contribution in [3.05, 3.63) is 47.2 Å². The summed E-state index contributed by atoms with van der Waals surface area (Å²) in [4.78, 5) is 9.01. The highest BCUT2D eigenvalue weighted by molar-refractivity contribution is 7.98. The van der Waals surface area contributed by atoms with Gasteiger partial charge < -0.3 is 9.47 Å². The molecule has 0 fully saturated rings. The van der Waals surface area contributed by atoms with Crippen LogP contribution in [-0.2, 0) is 24.4 Å². The van der Waals surface area contributed by atoms with Gasteiger partial charge in [0.1, 0.15) is 6.61 Å². The Morgan fingerprint density at radius 3 is 2.90 bits per heavy atom. The molecule has 0 spiro atoms.